The molecule has 0 unspecified atom stereocenters. The third-order valence-electron chi connectivity index (χ3n) is 4.54. The number of benzene rings is 2. The first-order valence-corrected chi connectivity index (χ1v) is 11.5. The van der Waals surface area contributed by atoms with E-state index in [-0.39, 0.29) is 35.8 Å². The lowest BCUT2D eigenvalue weighted by atomic mass is 10.2. The molecule has 1 saturated heterocycles. The van der Waals surface area contributed by atoms with E-state index in [1.165, 1.54) is 28.6 Å². The predicted molar refractivity (Wildman–Crippen MR) is 114 cm³/mol. The fraction of sp³-hybridized carbons (Fsp3) is 0.300. The molecule has 1 aliphatic heterocycles. The SMILES string of the molecule is C[C@@H]1CN(S(=O)(=O)c2ccc(C(=O)NNC(=O)c3ccc(Br)cc3)cc2)C[C@H](C)O1. The van der Waals surface area contributed by atoms with Crippen molar-refractivity contribution in [3.05, 3.63) is 64.1 Å². The number of hydrogen-bond donors (Lipinski definition) is 2. The van der Waals surface area contributed by atoms with E-state index in [0.717, 1.165) is 4.47 Å². The Kier molecular flexibility index (Phi) is 6.91. The first kappa shape index (κ1) is 22.4. The molecule has 2 aromatic carbocycles. The number of nitrogens with one attached hydrogen (secondary N) is 2. The summed E-state index contributed by atoms with van der Waals surface area (Å²) in [6.07, 6.45) is -0.383. The highest BCUT2D eigenvalue weighted by molar-refractivity contribution is 9.10. The third kappa shape index (κ3) is 5.25. The minimum Gasteiger partial charge on any atom is -0.373 e. The number of carbonyl (C=O) groups is 2. The molecule has 0 radical (unpaired) electrons. The summed E-state index contributed by atoms with van der Waals surface area (Å²) in [5, 5.41) is 0. The molecule has 0 spiro atoms. The summed E-state index contributed by atoms with van der Waals surface area (Å²) in [6, 6.07) is 12.2. The Balaban J connectivity index is 1.64. The van der Waals surface area contributed by atoms with Crippen molar-refractivity contribution in [1.29, 1.82) is 0 Å². The summed E-state index contributed by atoms with van der Waals surface area (Å²) in [6.45, 7) is 4.20. The molecule has 0 aliphatic carbocycles. The maximum atomic E-state index is 12.9. The second-order valence-electron chi connectivity index (χ2n) is 7.02. The van der Waals surface area contributed by atoms with Crippen LogP contribution in [0, 0.1) is 0 Å². The van der Waals surface area contributed by atoms with Gasteiger partial charge in [0.15, 0.2) is 0 Å². The Morgan fingerprint density at radius 2 is 1.33 bits per heavy atom. The Bertz CT molecular complexity index is 1020. The Hall–Kier alpha value is -2.27. The van der Waals surface area contributed by atoms with Gasteiger partial charge >= 0.3 is 0 Å². The number of rotatable bonds is 4. The zero-order valence-corrected chi connectivity index (χ0v) is 18.9. The molecule has 2 amide bonds. The molecule has 2 aromatic rings. The van der Waals surface area contributed by atoms with Crippen molar-refractivity contribution in [2.45, 2.75) is 31.0 Å². The first-order valence-electron chi connectivity index (χ1n) is 9.29. The third-order valence-corrected chi connectivity index (χ3v) is 6.91. The highest BCUT2D eigenvalue weighted by atomic mass is 79.9. The Morgan fingerprint density at radius 1 is 0.900 bits per heavy atom. The maximum absolute atomic E-state index is 12.9. The molecule has 30 heavy (non-hydrogen) atoms. The fourth-order valence-electron chi connectivity index (χ4n) is 3.11. The van der Waals surface area contributed by atoms with Crippen LogP contribution in [0.5, 0.6) is 0 Å². The van der Waals surface area contributed by atoms with E-state index in [1.54, 1.807) is 24.3 Å². The summed E-state index contributed by atoms with van der Waals surface area (Å²) in [4.78, 5) is 24.4. The lowest BCUT2D eigenvalue weighted by molar-refractivity contribution is -0.0440. The number of amides is 2. The van der Waals surface area contributed by atoms with Gasteiger partial charge in [-0.2, -0.15) is 4.31 Å². The van der Waals surface area contributed by atoms with Crippen LogP contribution in [-0.2, 0) is 14.8 Å². The second-order valence-corrected chi connectivity index (χ2v) is 9.87. The van der Waals surface area contributed by atoms with Crippen molar-refractivity contribution < 1.29 is 22.7 Å². The van der Waals surface area contributed by atoms with Crippen molar-refractivity contribution in [3.8, 4) is 0 Å². The average molecular weight is 496 g/mol. The molecule has 0 aromatic heterocycles. The number of nitrogens with zero attached hydrogens (tertiary/aromatic N) is 1. The molecule has 0 saturated carbocycles. The van der Waals surface area contributed by atoms with E-state index in [2.05, 4.69) is 26.8 Å². The molecule has 3 rings (SSSR count). The summed E-state index contributed by atoms with van der Waals surface area (Å²) in [7, 11) is -3.69. The quantitative estimate of drug-likeness (QED) is 0.633. The van der Waals surface area contributed by atoms with E-state index in [0.29, 0.717) is 5.56 Å². The molecule has 10 heteroatoms. The van der Waals surface area contributed by atoms with Crippen molar-refractivity contribution in [1.82, 2.24) is 15.2 Å². The number of carbonyl (C=O) groups excluding carboxylic acids is 2. The van der Waals surface area contributed by atoms with E-state index in [1.807, 2.05) is 13.8 Å². The Labute approximate surface area is 183 Å². The number of halogens is 1. The molecular formula is C20H22BrN3O5S. The Morgan fingerprint density at radius 3 is 1.80 bits per heavy atom. The van der Waals surface area contributed by atoms with Gasteiger partial charge in [-0.1, -0.05) is 15.9 Å². The zero-order valence-electron chi connectivity index (χ0n) is 16.5. The van der Waals surface area contributed by atoms with Crippen LogP contribution in [0.15, 0.2) is 57.9 Å². The van der Waals surface area contributed by atoms with Crippen LogP contribution >= 0.6 is 15.9 Å². The number of morpholine rings is 1. The van der Waals surface area contributed by atoms with Crippen molar-refractivity contribution in [2.24, 2.45) is 0 Å². The topological polar surface area (TPSA) is 105 Å². The first-order chi connectivity index (χ1) is 14.2. The number of hydrogen-bond acceptors (Lipinski definition) is 5. The second kappa shape index (κ2) is 9.25. The molecule has 1 aliphatic rings. The van der Waals surface area contributed by atoms with E-state index in [9.17, 15) is 18.0 Å². The fourth-order valence-corrected chi connectivity index (χ4v) is 4.97. The van der Waals surface area contributed by atoms with Gasteiger partial charge in [-0.05, 0) is 62.4 Å². The molecule has 2 N–H and O–H groups in total. The summed E-state index contributed by atoms with van der Waals surface area (Å²) in [5.41, 5.74) is 5.25. The van der Waals surface area contributed by atoms with Crippen molar-refractivity contribution in [2.75, 3.05) is 13.1 Å². The van der Waals surface area contributed by atoms with Gasteiger partial charge in [-0.25, -0.2) is 8.42 Å². The van der Waals surface area contributed by atoms with Gasteiger partial charge in [0.2, 0.25) is 10.0 Å². The molecule has 0 bridgehead atoms. The normalized spacial score (nSPS) is 19.8. The predicted octanol–water partition coefficient (Wildman–Crippen LogP) is 2.32. The van der Waals surface area contributed by atoms with Crippen LogP contribution in [0.4, 0.5) is 0 Å². The van der Waals surface area contributed by atoms with Gasteiger partial charge in [-0.3, -0.25) is 20.4 Å². The summed E-state index contributed by atoms with van der Waals surface area (Å²) < 4.78 is 33.5. The molecule has 1 fully saturated rings. The maximum Gasteiger partial charge on any atom is 0.269 e. The van der Waals surface area contributed by atoms with Crippen molar-refractivity contribution in [3.63, 3.8) is 0 Å². The lowest BCUT2D eigenvalue weighted by Crippen LogP contribution is -2.48. The number of hydrazine groups is 1. The minimum atomic E-state index is -3.69. The molecule has 2 atom stereocenters. The van der Waals surface area contributed by atoms with Crippen LogP contribution in [0.3, 0.4) is 0 Å². The van der Waals surface area contributed by atoms with E-state index >= 15 is 0 Å². The van der Waals surface area contributed by atoms with Gasteiger partial charge in [0, 0.05) is 28.7 Å². The van der Waals surface area contributed by atoms with Gasteiger partial charge < -0.3 is 4.74 Å². The van der Waals surface area contributed by atoms with Crippen LogP contribution < -0.4 is 10.9 Å². The number of ether oxygens (including phenoxy) is 1. The molecule has 160 valence electrons. The molecule has 1 heterocycles. The molecule has 8 nitrogen and oxygen atoms in total. The van der Waals surface area contributed by atoms with Crippen LogP contribution in [-0.4, -0.2) is 49.8 Å². The minimum absolute atomic E-state index is 0.0965. The van der Waals surface area contributed by atoms with Crippen molar-refractivity contribution >= 4 is 37.8 Å². The summed E-state index contributed by atoms with van der Waals surface area (Å²) >= 11 is 3.28. The van der Waals surface area contributed by atoms with Gasteiger partial charge in [0.05, 0.1) is 17.1 Å². The smallest absolute Gasteiger partial charge is 0.269 e. The zero-order chi connectivity index (χ0) is 21.9. The van der Waals surface area contributed by atoms with E-state index < -0.39 is 21.8 Å². The lowest BCUT2D eigenvalue weighted by Gasteiger charge is -2.34. The van der Waals surface area contributed by atoms with Gasteiger partial charge in [0.1, 0.15) is 0 Å². The monoisotopic (exact) mass is 495 g/mol. The standard InChI is InChI=1S/C20H22BrN3O5S/c1-13-11-24(12-14(2)29-13)30(27,28)18-9-5-16(6-10-18)20(26)23-22-19(25)15-3-7-17(21)8-4-15/h3-10,13-14H,11-12H2,1-2H3,(H,22,25)(H,23,26)/t13-,14+. The van der Waals surface area contributed by atoms with Crippen LogP contribution in [0.25, 0.3) is 0 Å². The van der Waals surface area contributed by atoms with Gasteiger partial charge in [-0.15, -0.1) is 0 Å². The largest absolute Gasteiger partial charge is 0.373 e. The average Bonchev–Trinajstić information content (AvgIpc) is 2.71. The van der Waals surface area contributed by atoms with E-state index in [4.69, 9.17) is 4.74 Å². The highest BCUT2D eigenvalue weighted by Gasteiger charge is 2.32. The van der Waals surface area contributed by atoms with Crippen LogP contribution in [0.2, 0.25) is 0 Å². The number of sulfonamides is 1. The summed E-state index contributed by atoms with van der Waals surface area (Å²) in [5.74, 6) is -1.02. The van der Waals surface area contributed by atoms with Gasteiger partial charge in [0.25, 0.3) is 11.8 Å². The highest BCUT2D eigenvalue weighted by Crippen LogP contribution is 2.21. The molecular weight excluding hydrogens is 474 g/mol. The van der Waals surface area contributed by atoms with Crippen LogP contribution in [0.1, 0.15) is 34.6 Å².